The minimum absolute atomic E-state index is 0.00171. The third kappa shape index (κ3) is 12.5. The number of rotatable bonds is 23. The van der Waals surface area contributed by atoms with Crippen molar-refractivity contribution < 1.29 is 71.8 Å². The van der Waals surface area contributed by atoms with E-state index in [0.717, 1.165) is 17.1 Å². The summed E-state index contributed by atoms with van der Waals surface area (Å²) in [6.07, 6.45) is 1.78. The molecule has 0 saturated carbocycles. The first-order valence-electron chi connectivity index (χ1n) is 15.3. The van der Waals surface area contributed by atoms with Crippen LogP contribution in [0.25, 0.3) is 0 Å². The van der Waals surface area contributed by atoms with Gasteiger partial charge in [0.25, 0.3) is 35.4 Å². The minimum atomic E-state index is -0.786. The summed E-state index contributed by atoms with van der Waals surface area (Å²) in [6.45, 7) is 0.905. The van der Waals surface area contributed by atoms with Crippen LogP contribution in [-0.2, 0) is 71.8 Å². The van der Waals surface area contributed by atoms with Gasteiger partial charge in [-0.2, -0.15) is 0 Å². The van der Waals surface area contributed by atoms with E-state index in [4.69, 9.17) is 28.6 Å². The highest BCUT2D eigenvalue weighted by atomic mass is 16.7. The van der Waals surface area contributed by atoms with Crippen LogP contribution in [0.15, 0.2) is 12.2 Å². The van der Waals surface area contributed by atoms with Crippen LogP contribution in [0, 0.1) is 0 Å². The van der Waals surface area contributed by atoms with Gasteiger partial charge in [0.05, 0.1) is 65.7 Å². The fourth-order valence-electron chi connectivity index (χ4n) is 4.29. The van der Waals surface area contributed by atoms with E-state index in [-0.39, 0.29) is 123 Å². The molecule has 19 heteroatoms. The van der Waals surface area contributed by atoms with Crippen LogP contribution < -0.4 is 0 Å². The van der Waals surface area contributed by atoms with Crippen LogP contribution in [0.5, 0.6) is 0 Å². The SMILES string of the molecule is O=C(CCOCCOCCN(CCOCCOCCC(=O)ON1C(=O)CCC1=O)C(=O)CCN1C(=O)C=CC1=O)ON1C(=O)CCC1=O. The van der Waals surface area contributed by atoms with Crippen LogP contribution in [-0.4, -0.2) is 146 Å². The van der Waals surface area contributed by atoms with Crippen LogP contribution in [0.2, 0.25) is 0 Å². The first-order valence-corrected chi connectivity index (χ1v) is 15.3. The molecule has 3 rings (SSSR count). The van der Waals surface area contributed by atoms with Gasteiger partial charge in [-0.05, 0) is 0 Å². The van der Waals surface area contributed by atoms with Gasteiger partial charge in [0.2, 0.25) is 5.91 Å². The molecular formula is C29H38N4O15. The van der Waals surface area contributed by atoms with Crippen molar-refractivity contribution in [1.82, 2.24) is 19.9 Å². The number of nitrogens with zero attached hydrogens (tertiary/aromatic N) is 4. The number of hydrogen-bond acceptors (Lipinski definition) is 15. The third-order valence-corrected chi connectivity index (χ3v) is 6.86. The van der Waals surface area contributed by atoms with Gasteiger partial charge in [0.15, 0.2) is 0 Å². The Balaban J connectivity index is 1.28. The number of ether oxygens (including phenoxy) is 4. The summed E-state index contributed by atoms with van der Waals surface area (Å²) < 4.78 is 21.6. The average Bonchev–Trinajstić information content (AvgIpc) is 3.67. The lowest BCUT2D eigenvalue weighted by Crippen LogP contribution is -2.40. The Kier molecular flexibility index (Phi) is 15.7. The summed E-state index contributed by atoms with van der Waals surface area (Å²) >= 11 is 0. The molecule has 3 aliphatic heterocycles. The standard InChI is InChI=1S/C29H38N4O15/c34-21(7-10-31-22(35)1-2-23(31)36)30(11-15-45-19-17-43-13-8-28(41)47-32-24(37)3-4-25(32)38)12-16-46-20-18-44-14-9-29(42)48-33-26(39)5-6-27(33)40/h1-2H,3-20H2. The topological polar surface area (TPSA) is 222 Å². The van der Waals surface area contributed by atoms with Crippen molar-refractivity contribution in [3.8, 4) is 0 Å². The Labute approximate surface area is 274 Å². The van der Waals surface area contributed by atoms with Gasteiger partial charge >= 0.3 is 11.9 Å². The summed E-state index contributed by atoms with van der Waals surface area (Å²) in [6, 6.07) is 0. The number of hydroxylamine groups is 4. The molecule has 2 fully saturated rings. The predicted octanol–water partition coefficient (Wildman–Crippen LogP) is -1.81. The van der Waals surface area contributed by atoms with E-state index in [1.807, 2.05) is 0 Å². The summed E-state index contributed by atoms with van der Waals surface area (Å²) in [5.41, 5.74) is 0. The van der Waals surface area contributed by atoms with Gasteiger partial charge < -0.3 is 33.5 Å². The molecule has 2 saturated heterocycles. The Morgan fingerprint density at radius 2 is 0.917 bits per heavy atom. The quantitative estimate of drug-likeness (QED) is 0.0856. The molecule has 48 heavy (non-hydrogen) atoms. The predicted molar refractivity (Wildman–Crippen MR) is 154 cm³/mol. The van der Waals surface area contributed by atoms with Gasteiger partial charge in [-0.1, -0.05) is 0 Å². The van der Waals surface area contributed by atoms with E-state index < -0.39 is 47.4 Å². The molecule has 0 aromatic rings. The van der Waals surface area contributed by atoms with Gasteiger partial charge in [0, 0.05) is 63.9 Å². The summed E-state index contributed by atoms with van der Waals surface area (Å²) in [5.74, 6) is -5.20. The van der Waals surface area contributed by atoms with E-state index in [9.17, 15) is 43.2 Å². The molecule has 0 N–H and O–H groups in total. The molecule has 0 spiro atoms. The minimum Gasteiger partial charge on any atom is -0.378 e. The molecule has 7 amide bonds. The highest BCUT2D eigenvalue weighted by Gasteiger charge is 2.33. The van der Waals surface area contributed by atoms with E-state index >= 15 is 0 Å². The van der Waals surface area contributed by atoms with Crippen LogP contribution in [0.3, 0.4) is 0 Å². The zero-order valence-corrected chi connectivity index (χ0v) is 26.3. The highest BCUT2D eigenvalue weighted by Crippen LogP contribution is 2.13. The molecule has 0 aromatic heterocycles. The van der Waals surface area contributed by atoms with Gasteiger partial charge in [-0.25, -0.2) is 9.59 Å². The van der Waals surface area contributed by atoms with Gasteiger partial charge in [0.1, 0.15) is 0 Å². The molecular weight excluding hydrogens is 644 g/mol. The molecule has 19 nitrogen and oxygen atoms in total. The van der Waals surface area contributed by atoms with E-state index in [1.165, 1.54) is 4.90 Å². The van der Waals surface area contributed by atoms with Crippen molar-refractivity contribution in [3.05, 3.63) is 12.2 Å². The van der Waals surface area contributed by atoms with Crippen LogP contribution in [0.4, 0.5) is 0 Å². The zero-order chi connectivity index (χ0) is 34.9. The Morgan fingerprint density at radius 3 is 1.31 bits per heavy atom. The molecule has 0 aliphatic carbocycles. The summed E-state index contributed by atoms with van der Waals surface area (Å²) in [4.78, 5) is 118. The first kappa shape index (κ1) is 37.9. The van der Waals surface area contributed by atoms with E-state index in [2.05, 4.69) is 0 Å². The largest absolute Gasteiger partial charge is 0.378 e. The summed E-state index contributed by atoms with van der Waals surface area (Å²) in [7, 11) is 0. The van der Waals surface area contributed by atoms with Gasteiger partial charge in [-0.3, -0.25) is 38.5 Å². The van der Waals surface area contributed by atoms with E-state index in [0.29, 0.717) is 10.1 Å². The third-order valence-electron chi connectivity index (χ3n) is 6.86. The Hall–Kier alpha value is -4.59. The number of imide groups is 3. The second-order valence-electron chi connectivity index (χ2n) is 10.3. The molecule has 0 aromatic carbocycles. The highest BCUT2D eigenvalue weighted by molar-refractivity contribution is 6.13. The lowest BCUT2D eigenvalue weighted by Gasteiger charge is -2.24. The molecule has 0 atom stereocenters. The monoisotopic (exact) mass is 682 g/mol. The second-order valence-corrected chi connectivity index (χ2v) is 10.3. The fraction of sp³-hybridized carbons (Fsp3) is 0.621. The second kappa shape index (κ2) is 19.9. The van der Waals surface area contributed by atoms with Crippen LogP contribution in [0.1, 0.15) is 44.9 Å². The number of hydrogen-bond donors (Lipinski definition) is 0. The number of carbonyl (C=O) groups is 9. The maximum absolute atomic E-state index is 12.9. The van der Waals surface area contributed by atoms with Crippen molar-refractivity contribution in [3.63, 3.8) is 0 Å². The van der Waals surface area contributed by atoms with Crippen molar-refractivity contribution in [2.75, 3.05) is 72.5 Å². The molecule has 3 aliphatic rings. The van der Waals surface area contributed by atoms with Crippen molar-refractivity contribution in [2.24, 2.45) is 0 Å². The molecule has 0 radical (unpaired) electrons. The average molecular weight is 683 g/mol. The van der Waals surface area contributed by atoms with Gasteiger partial charge in [-0.15, -0.1) is 10.1 Å². The first-order chi connectivity index (χ1) is 23.1. The lowest BCUT2D eigenvalue weighted by atomic mass is 10.3. The van der Waals surface area contributed by atoms with Crippen molar-refractivity contribution in [2.45, 2.75) is 44.9 Å². The van der Waals surface area contributed by atoms with Crippen molar-refractivity contribution in [1.29, 1.82) is 0 Å². The molecule has 0 bridgehead atoms. The van der Waals surface area contributed by atoms with Crippen molar-refractivity contribution >= 4 is 53.3 Å². The molecule has 0 unspecified atom stereocenters. The fourth-order valence-corrected chi connectivity index (χ4v) is 4.29. The zero-order valence-electron chi connectivity index (χ0n) is 26.3. The smallest absolute Gasteiger partial charge is 0.335 e. The number of amides is 7. The number of carbonyl (C=O) groups excluding carboxylic acids is 9. The lowest BCUT2D eigenvalue weighted by molar-refractivity contribution is -0.198. The summed E-state index contributed by atoms with van der Waals surface area (Å²) in [5, 5.41) is 0.923. The maximum atomic E-state index is 12.9. The van der Waals surface area contributed by atoms with E-state index in [1.54, 1.807) is 0 Å². The normalized spacial score (nSPS) is 16.1. The Morgan fingerprint density at radius 1 is 0.542 bits per heavy atom. The Bertz CT molecular complexity index is 1150. The maximum Gasteiger partial charge on any atom is 0.335 e. The molecule has 3 heterocycles. The molecule has 264 valence electrons. The van der Waals surface area contributed by atoms with Crippen LogP contribution >= 0.6 is 0 Å².